The van der Waals surface area contributed by atoms with Crippen molar-refractivity contribution in [2.45, 2.75) is 45.2 Å². The lowest BCUT2D eigenvalue weighted by Gasteiger charge is -2.30. The molecule has 20 heavy (non-hydrogen) atoms. The first kappa shape index (κ1) is 16.8. The van der Waals surface area contributed by atoms with Crippen LogP contribution in [0.4, 0.5) is 4.79 Å². The first-order valence-corrected chi connectivity index (χ1v) is 7.25. The Balaban J connectivity index is 2.61. The molecule has 0 aliphatic carbocycles. The van der Waals surface area contributed by atoms with Gasteiger partial charge in [0.1, 0.15) is 0 Å². The number of hydrogen-bond donors (Lipinski definition) is 2. The summed E-state index contributed by atoms with van der Waals surface area (Å²) in [5.41, 5.74) is 0. The summed E-state index contributed by atoms with van der Waals surface area (Å²) >= 11 is 0. The molecule has 0 spiro atoms. The van der Waals surface area contributed by atoms with E-state index in [2.05, 4.69) is 19.2 Å². The van der Waals surface area contributed by atoms with Gasteiger partial charge in [0.05, 0.1) is 6.42 Å². The van der Waals surface area contributed by atoms with E-state index < -0.39 is 5.97 Å². The minimum absolute atomic E-state index is 0.0352. The summed E-state index contributed by atoms with van der Waals surface area (Å²) in [5.74, 6) is -0.509. The summed E-state index contributed by atoms with van der Waals surface area (Å²) < 4.78 is 0. The summed E-state index contributed by atoms with van der Waals surface area (Å²) in [6.07, 6.45) is 1.69. The lowest BCUT2D eigenvalue weighted by Crippen LogP contribution is -2.51. The van der Waals surface area contributed by atoms with E-state index in [9.17, 15) is 9.59 Å². The van der Waals surface area contributed by atoms with Gasteiger partial charge in [0, 0.05) is 25.2 Å². The highest BCUT2D eigenvalue weighted by Gasteiger charge is 2.31. The lowest BCUT2D eigenvalue weighted by molar-refractivity contribution is -0.137. The summed E-state index contributed by atoms with van der Waals surface area (Å²) in [7, 11) is 3.95. The van der Waals surface area contributed by atoms with Crippen molar-refractivity contribution in [3.8, 4) is 0 Å². The molecule has 0 aromatic carbocycles. The minimum atomic E-state index is -0.844. The van der Waals surface area contributed by atoms with E-state index in [0.29, 0.717) is 12.5 Å². The van der Waals surface area contributed by atoms with Crippen molar-refractivity contribution in [3.63, 3.8) is 0 Å². The zero-order valence-electron chi connectivity index (χ0n) is 12.9. The maximum absolute atomic E-state index is 12.3. The summed E-state index contributed by atoms with van der Waals surface area (Å²) in [4.78, 5) is 26.9. The van der Waals surface area contributed by atoms with Crippen LogP contribution in [-0.4, -0.2) is 66.2 Å². The van der Waals surface area contributed by atoms with Crippen LogP contribution in [0.25, 0.3) is 0 Å². The lowest BCUT2D eigenvalue weighted by atomic mass is 10.0. The van der Waals surface area contributed by atoms with Gasteiger partial charge in [-0.3, -0.25) is 4.79 Å². The van der Waals surface area contributed by atoms with Crippen LogP contribution in [0.15, 0.2) is 0 Å². The SMILES string of the molecule is CC(C)C(CN(C)C)NC(=O)N1CCCC1CC(=O)O. The Morgan fingerprint density at radius 1 is 1.40 bits per heavy atom. The zero-order chi connectivity index (χ0) is 15.3. The van der Waals surface area contributed by atoms with Gasteiger partial charge in [-0.15, -0.1) is 0 Å². The molecule has 0 radical (unpaired) electrons. The van der Waals surface area contributed by atoms with E-state index in [1.54, 1.807) is 4.90 Å². The van der Waals surface area contributed by atoms with Crippen LogP contribution in [0.2, 0.25) is 0 Å². The Hall–Kier alpha value is -1.30. The highest BCUT2D eigenvalue weighted by molar-refractivity contribution is 5.76. The highest BCUT2D eigenvalue weighted by atomic mass is 16.4. The molecule has 2 unspecified atom stereocenters. The monoisotopic (exact) mass is 285 g/mol. The van der Waals surface area contributed by atoms with Gasteiger partial charge in [0.25, 0.3) is 0 Å². The molecule has 2 N–H and O–H groups in total. The number of carbonyl (C=O) groups excluding carboxylic acids is 1. The van der Waals surface area contributed by atoms with E-state index in [1.165, 1.54) is 0 Å². The number of amides is 2. The average molecular weight is 285 g/mol. The molecule has 1 saturated heterocycles. The number of likely N-dealkylation sites (tertiary alicyclic amines) is 1. The standard InChI is InChI=1S/C14H27N3O3/c1-10(2)12(9-16(3)4)15-14(20)17-7-5-6-11(17)8-13(18)19/h10-12H,5-9H2,1-4H3,(H,15,20)(H,18,19). The third kappa shape index (κ3) is 5.00. The molecule has 1 heterocycles. The van der Waals surface area contributed by atoms with Crippen molar-refractivity contribution >= 4 is 12.0 Å². The van der Waals surface area contributed by atoms with Gasteiger partial charge in [-0.25, -0.2) is 4.79 Å². The first-order chi connectivity index (χ1) is 9.31. The average Bonchev–Trinajstić information content (AvgIpc) is 2.74. The van der Waals surface area contributed by atoms with Gasteiger partial charge in [-0.05, 0) is 32.9 Å². The molecule has 6 nitrogen and oxygen atoms in total. The van der Waals surface area contributed by atoms with Crippen LogP contribution in [0.1, 0.15) is 33.1 Å². The molecule has 0 bridgehead atoms. The van der Waals surface area contributed by atoms with Crippen molar-refractivity contribution in [2.24, 2.45) is 5.92 Å². The van der Waals surface area contributed by atoms with Gasteiger partial charge >= 0.3 is 12.0 Å². The van der Waals surface area contributed by atoms with E-state index in [-0.39, 0.29) is 24.5 Å². The Kier molecular flexibility index (Phi) is 6.26. The van der Waals surface area contributed by atoms with E-state index >= 15 is 0 Å². The molecule has 1 aliphatic heterocycles. The smallest absolute Gasteiger partial charge is 0.317 e. The van der Waals surface area contributed by atoms with Gasteiger partial charge in [0.2, 0.25) is 0 Å². The Labute approximate surface area is 121 Å². The molecule has 1 fully saturated rings. The van der Waals surface area contributed by atoms with E-state index in [1.807, 2.05) is 19.0 Å². The van der Waals surface area contributed by atoms with Gasteiger partial charge < -0.3 is 20.2 Å². The quantitative estimate of drug-likeness (QED) is 0.769. The Bertz CT molecular complexity index is 345. The second kappa shape index (κ2) is 7.47. The van der Waals surface area contributed by atoms with Gasteiger partial charge in [-0.2, -0.15) is 0 Å². The summed E-state index contributed by atoms with van der Waals surface area (Å²) in [6, 6.07) is -0.224. The zero-order valence-corrected chi connectivity index (χ0v) is 12.9. The molecular weight excluding hydrogens is 258 g/mol. The van der Waals surface area contributed by atoms with Crippen LogP contribution in [0, 0.1) is 5.92 Å². The normalized spacial score (nSPS) is 20.5. The number of nitrogens with one attached hydrogen (secondary N) is 1. The predicted octanol–water partition coefficient (Wildman–Crippen LogP) is 1.22. The Morgan fingerprint density at radius 2 is 2.05 bits per heavy atom. The maximum Gasteiger partial charge on any atom is 0.317 e. The van der Waals surface area contributed by atoms with Crippen molar-refractivity contribution in [1.82, 2.24) is 15.1 Å². The van der Waals surface area contributed by atoms with E-state index in [0.717, 1.165) is 19.4 Å². The van der Waals surface area contributed by atoms with Crippen molar-refractivity contribution in [1.29, 1.82) is 0 Å². The largest absolute Gasteiger partial charge is 0.481 e. The first-order valence-electron chi connectivity index (χ1n) is 7.25. The van der Waals surface area contributed by atoms with Crippen molar-refractivity contribution in [2.75, 3.05) is 27.2 Å². The Morgan fingerprint density at radius 3 is 2.55 bits per heavy atom. The number of hydrogen-bond acceptors (Lipinski definition) is 3. The number of rotatable bonds is 6. The minimum Gasteiger partial charge on any atom is -0.481 e. The van der Waals surface area contributed by atoms with Crippen LogP contribution in [-0.2, 0) is 4.79 Å². The molecule has 6 heteroatoms. The van der Waals surface area contributed by atoms with Gasteiger partial charge in [-0.1, -0.05) is 13.8 Å². The molecule has 2 amide bonds. The van der Waals surface area contributed by atoms with Crippen molar-refractivity contribution in [3.05, 3.63) is 0 Å². The number of carbonyl (C=O) groups is 2. The van der Waals surface area contributed by atoms with Crippen LogP contribution in [0.5, 0.6) is 0 Å². The number of aliphatic carboxylic acids is 1. The fourth-order valence-electron chi connectivity index (χ4n) is 2.57. The predicted molar refractivity (Wildman–Crippen MR) is 77.7 cm³/mol. The molecule has 0 aromatic rings. The molecule has 2 atom stereocenters. The molecule has 0 aromatic heterocycles. The van der Waals surface area contributed by atoms with Gasteiger partial charge in [0.15, 0.2) is 0 Å². The molecule has 116 valence electrons. The fourth-order valence-corrected chi connectivity index (χ4v) is 2.57. The number of carboxylic acid groups (broad SMARTS) is 1. The van der Waals surface area contributed by atoms with Crippen molar-refractivity contribution < 1.29 is 14.7 Å². The maximum atomic E-state index is 12.3. The molecule has 1 rings (SSSR count). The molecule has 0 saturated carbocycles. The summed E-state index contributed by atoms with van der Waals surface area (Å²) in [5, 5.41) is 11.9. The molecular formula is C14H27N3O3. The number of urea groups is 1. The van der Waals surface area contributed by atoms with Crippen LogP contribution >= 0.6 is 0 Å². The fraction of sp³-hybridized carbons (Fsp3) is 0.857. The van der Waals surface area contributed by atoms with Crippen LogP contribution < -0.4 is 5.32 Å². The highest BCUT2D eigenvalue weighted by Crippen LogP contribution is 2.20. The number of carboxylic acids is 1. The second-order valence-electron chi connectivity index (χ2n) is 6.15. The third-order valence-corrected chi connectivity index (χ3v) is 3.72. The number of nitrogens with zero attached hydrogens (tertiary/aromatic N) is 2. The topological polar surface area (TPSA) is 72.9 Å². The third-order valence-electron chi connectivity index (χ3n) is 3.72. The van der Waals surface area contributed by atoms with E-state index in [4.69, 9.17) is 5.11 Å². The second-order valence-corrected chi connectivity index (χ2v) is 6.15. The molecule has 1 aliphatic rings. The number of likely N-dealkylation sites (N-methyl/N-ethyl adjacent to an activating group) is 1. The summed E-state index contributed by atoms with van der Waals surface area (Å²) in [6.45, 7) is 5.58. The van der Waals surface area contributed by atoms with Crippen LogP contribution in [0.3, 0.4) is 0 Å².